The lowest BCUT2D eigenvalue weighted by Crippen LogP contribution is -2.41. The number of nitrogens with zero attached hydrogens (tertiary/aromatic N) is 1. The van der Waals surface area contributed by atoms with Gasteiger partial charge in [0.25, 0.3) is 0 Å². The Kier molecular flexibility index (Phi) is 5.20. The average Bonchev–Trinajstić information content (AvgIpc) is 2.87. The zero-order valence-corrected chi connectivity index (χ0v) is 12.5. The van der Waals surface area contributed by atoms with Crippen LogP contribution in [0.25, 0.3) is 10.2 Å². The Morgan fingerprint density at radius 3 is 2.90 bits per heavy atom. The highest BCUT2D eigenvalue weighted by atomic mass is 32.2. The van der Waals surface area contributed by atoms with Crippen molar-refractivity contribution >= 4 is 45.2 Å². The molecule has 7 heteroatoms. The number of carbonyl (C=O) groups excluding carboxylic acids is 1. The maximum absolute atomic E-state index is 11.7. The van der Waals surface area contributed by atoms with Crippen LogP contribution in [0.2, 0.25) is 0 Å². The molecule has 2 N–H and O–H groups in total. The Bertz CT molecular complexity index is 673. The van der Waals surface area contributed by atoms with Crippen molar-refractivity contribution in [3.05, 3.63) is 24.3 Å². The molecule has 2 rings (SSSR count). The lowest BCUT2D eigenvalue weighted by molar-refractivity contribution is -0.141. The average molecular weight is 320 g/mol. The molecule has 1 aromatic heterocycles. The van der Waals surface area contributed by atoms with Gasteiger partial charge in [-0.25, -0.2) is 9.78 Å². The number of fused-ring (bicyclic) bond motifs is 1. The van der Waals surface area contributed by atoms with E-state index in [0.29, 0.717) is 0 Å². The normalized spacial score (nSPS) is 11.8. The molecule has 0 radical (unpaired) electrons. The predicted octanol–water partition coefficient (Wildman–Crippen LogP) is 1.98. The van der Waals surface area contributed by atoms with E-state index in [0.717, 1.165) is 14.6 Å². The number of terminal acetylenes is 1. The molecule has 0 spiro atoms. The fourth-order valence-electron chi connectivity index (χ4n) is 1.59. The zero-order valence-electron chi connectivity index (χ0n) is 10.9. The number of para-hydroxylation sites is 1. The van der Waals surface area contributed by atoms with Crippen LogP contribution >= 0.6 is 23.1 Å². The monoisotopic (exact) mass is 320 g/mol. The molecule has 1 atom stereocenters. The predicted molar refractivity (Wildman–Crippen MR) is 83.4 cm³/mol. The highest BCUT2D eigenvalue weighted by molar-refractivity contribution is 8.01. The third kappa shape index (κ3) is 4.21. The number of hydrogen-bond acceptors (Lipinski definition) is 5. The summed E-state index contributed by atoms with van der Waals surface area (Å²) in [5.74, 6) is 0.832. The smallest absolute Gasteiger partial charge is 0.327 e. The number of hydrogen-bond donors (Lipinski definition) is 2. The summed E-state index contributed by atoms with van der Waals surface area (Å²) in [6.07, 6.45) is 5.04. The van der Waals surface area contributed by atoms with Gasteiger partial charge in [0.05, 0.1) is 16.0 Å². The van der Waals surface area contributed by atoms with E-state index < -0.39 is 12.0 Å². The van der Waals surface area contributed by atoms with Crippen molar-refractivity contribution in [2.24, 2.45) is 0 Å². The van der Waals surface area contributed by atoms with Crippen molar-refractivity contribution in [2.45, 2.75) is 16.8 Å². The van der Waals surface area contributed by atoms with Crippen LogP contribution in [-0.4, -0.2) is 33.8 Å². The molecule has 1 amide bonds. The number of aromatic nitrogens is 1. The molecular formula is C14H12N2O3S2. The standard InChI is InChI=1S/C14H12N2O3S2/c1-2-5-10(13(18)19)15-12(17)8-20-14-16-9-6-3-4-7-11(9)21-14/h1,3-4,6-7,10H,5,8H2,(H,15,17)(H,18,19). The first-order valence-electron chi connectivity index (χ1n) is 6.04. The number of aliphatic carboxylic acids is 1. The lowest BCUT2D eigenvalue weighted by Gasteiger charge is -2.10. The maximum atomic E-state index is 11.7. The Hall–Kier alpha value is -2.04. The fraction of sp³-hybridized carbons (Fsp3) is 0.214. The molecule has 108 valence electrons. The molecule has 2 aromatic rings. The molecule has 0 saturated heterocycles. The highest BCUT2D eigenvalue weighted by Crippen LogP contribution is 2.28. The van der Waals surface area contributed by atoms with E-state index in [2.05, 4.69) is 16.2 Å². The van der Waals surface area contributed by atoms with E-state index in [1.807, 2.05) is 24.3 Å². The molecule has 1 unspecified atom stereocenters. The van der Waals surface area contributed by atoms with Crippen LogP contribution in [0.4, 0.5) is 0 Å². The number of thioether (sulfide) groups is 1. The van der Waals surface area contributed by atoms with Crippen molar-refractivity contribution in [1.29, 1.82) is 0 Å². The number of thiazole rings is 1. The quantitative estimate of drug-likeness (QED) is 0.628. The van der Waals surface area contributed by atoms with E-state index in [4.69, 9.17) is 11.5 Å². The van der Waals surface area contributed by atoms with Crippen LogP contribution in [0.5, 0.6) is 0 Å². The van der Waals surface area contributed by atoms with E-state index >= 15 is 0 Å². The summed E-state index contributed by atoms with van der Waals surface area (Å²) in [5.41, 5.74) is 0.890. The fourth-order valence-corrected chi connectivity index (χ4v) is 3.47. The van der Waals surface area contributed by atoms with E-state index in [1.165, 1.54) is 23.1 Å². The van der Waals surface area contributed by atoms with Gasteiger partial charge >= 0.3 is 5.97 Å². The van der Waals surface area contributed by atoms with Crippen molar-refractivity contribution < 1.29 is 14.7 Å². The van der Waals surface area contributed by atoms with Gasteiger partial charge in [0, 0.05) is 6.42 Å². The second-order valence-corrected chi connectivity index (χ2v) is 6.36. The molecule has 0 saturated carbocycles. The topological polar surface area (TPSA) is 79.3 Å². The molecule has 0 aliphatic rings. The van der Waals surface area contributed by atoms with E-state index in [1.54, 1.807) is 0 Å². The molecule has 0 aliphatic carbocycles. The first kappa shape index (κ1) is 15.4. The SMILES string of the molecule is C#CCC(NC(=O)CSc1nc2ccccc2s1)C(=O)O. The van der Waals surface area contributed by atoms with E-state index in [9.17, 15) is 9.59 Å². The van der Waals surface area contributed by atoms with Crippen molar-refractivity contribution in [1.82, 2.24) is 10.3 Å². The van der Waals surface area contributed by atoms with Gasteiger partial charge in [-0.2, -0.15) is 0 Å². The minimum Gasteiger partial charge on any atom is -0.480 e. The summed E-state index contributed by atoms with van der Waals surface area (Å²) in [5, 5.41) is 11.3. The molecule has 21 heavy (non-hydrogen) atoms. The number of carboxylic acid groups (broad SMARTS) is 1. The minimum atomic E-state index is -1.13. The third-order valence-corrected chi connectivity index (χ3v) is 4.74. The number of benzene rings is 1. The number of carbonyl (C=O) groups is 2. The van der Waals surface area contributed by atoms with Gasteiger partial charge in [0.2, 0.25) is 5.91 Å². The molecule has 1 heterocycles. The molecule has 0 bridgehead atoms. The van der Waals surface area contributed by atoms with Gasteiger partial charge in [-0.15, -0.1) is 23.7 Å². The van der Waals surface area contributed by atoms with Gasteiger partial charge in [-0.05, 0) is 12.1 Å². The van der Waals surface area contributed by atoms with Crippen molar-refractivity contribution in [2.75, 3.05) is 5.75 Å². The summed E-state index contributed by atoms with van der Waals surface area (Å²) >= 11 is 2.77. The highest BCUT2D eigenvalue weighted by Gasteiger charge is 2.18. The lowest BCUT2D eigenvalue weighted by atomic mass is 10.2. The summed E-state index contributed by atoms with van der Waals surface area (Å²) in [7, 11) is 0. The summed E-state index contributed by atoms with van der Waals surface area (Å²) in [4.78, 5) is 27.0. The number of carboxylic acids is 1. The van der Waals surface area contributed by atoms with Gasteiger partial charge in [0.1, 0.15) is 6.04 Å². The molecular weight excluding hydrogens is 308 g/mol. The molecule has 0 fully saturated rings. The first-order chi connectivity index (χ1) is 10.1. The van der Waals surface area contributed by atoms with Gasteiger partial charge in [-0.1, -0.05) is 23.9 Å². The second kappa shape index (κ2) is 7.11. The Balaban J connectivity index is 1.91. The van der Waals surface area contributed by atoms with Gasteiger partial charge in [0.15, 0.2) is 4.34 Å². The van der Waals surface area contributed by atoms with Crippen LogP contribution in [0.15, 0.2) is 28.6 Å². The van der Waals surface area contributed by atoms with Crippen LogP contribution in [0.3, 0.4) is 0 Å². The van der Waals surface area contributed by atoms with Gasteiger partial charge < -0.3 is 10.4 Å². The Morgan fingerprint density at radius 2 is 2.24 bits per heavy atom. The molecule has 5 nitrogen and oxygen atoms in total. The maximum Gasteiger partial charge on any atom is 0.327 e. The van der Waals surface area contributed by atoms with Gasteiger partial charge in [-0.3, -0.25) is 4.79 Å². The summed E-state index contributed by atoms with van der Waals surface area (Å²) in [6.45, 7) is 0. The largest absolute Gasteiger partial charge is 0.480 e. The molecule has 0 aliphatic heterocycles. The summed E-state index contributed by atoms with van der Waals surface area (Å²) < 4.78 is 1.83. The van der Waals surface area contributed by atoms with Crippen molar-refractivity contribution in [3.63, 3.8) is 0 Å². The van der Waals surface area contributed by atoms with Crippen LogP contribution in [0.1, 0.15) is 6.42 Å². The van der Waals surface area contributed by atoms with E-state index in [-0.39, 0.29) is 18.1 Å². The van der Waals surface area contributed by atoms with Crippen LogP contribution in [0, 0.1) is 12.3 Å². The summed E-state index contributed by atoms with van der Waals surface area (Å²) in [6, 6.07) is 6.66. The van der Waals surface area contributed by atoms with Crippen molar-refractivity contribution in [3.8, 4) is 12.3 Å². The Labute approximate surface area is 129 Å². The van der Waals surface area contributed by atoms with Crippen LogP contribution < -0.4 is 5.32 Å². The second-order valence-electron chi connectivity index (χ2n) is 4.10. The number of nitrogens with one attached hydrogen (secondary N) is 1. The number of amides is 1. The molecule has 1 aromatic carbocycles. The first-order valence-corrected chi connectivity index (χ1v) is 7.84. The third-order valence-electron chi connectivity index (χ3n) is 2.56. The minimum absolute atomic E-state index is 0.0348. The van der Waals surface area contributed by atoms with Crippen LogP contribution in [-0.2, 0) is 9.59 Å². The zero-order chi connectivity index (χ0) is 15.2. The Morgan fingerprint density at radius 1 is 1.48 bits per heavy atom. The number of rotatable bonds is 6.